The van der Waals surface area contributed by atoms with Gasteiger partial charge in [-0.05, 0) is 11.6 Å². The van der Waals surface area contributed by atoms with E-state index in [1.807, 2.05) is 42.5 Å². The maximum atomic E-state index is 10.9. The van der Waals surface area contributed by atoms with Gasteiger partial charge in [0, 0.05) is 11.6 Å². The van der Waals surface area contributed by atoms with Crippen LogP contribution >= 0.6 is 0 Å². The summed E-state index contributed by atoms with van der Waals surface area (Å²) in [5.41, 5.74) is 3.27. The molecule has 3 aromatic rings. The molecule has 0 saturated carbocycles. The standard InChI is InChI=1S/C15H11NO3/c17-15(18)12-8-13-14(16-12)11(9-19-13)7-6-10-4-2-1-3-5-10/h1-9,16H,(H,17,18)/b7-6-. The number of rotatable bonds is 3. The van der Waals surface area contributed by atoms with Crippen molar-refractivity contribution in [2.75, 3.05) is 0 Å². The second-order valence-corrected chi connectivity index (χ2v) is 4.16. The molecule has 1 aromatic carbocycles. The van der Waals surface area contributed by atoms with Crippen LogP contribution in [0.1, 0.15) is 21.6 Å². The fourth-order valence-electron chi connectivity index (χ4n) is 1.92. The van der Waals surface area contributed by atoms with Gasteiger partial charge in [0.1, 0.15) is 12.0 Å². The Morgan fingerprint density at radius 1 is 1.21 bits per heavy atom. The molecule has 2 N–H and O–H groups in total. The van der Waals surface area contributed by atoms with Gasteiger partial charge in [-0.2, -0.15) is 0 Å². The van der Waals surface area contributed by atoms with Crippen LogP contribution in [0.3, 0.4) is 0 Å². The predicted molar refractivity (Wildman–Crippen MR) is 72.9 cm³/mol. The molecule has 0 radical (unpaired) electrons. The Bertz CT molecular complexity index is 750. The molecule has 0 fully saturated rings. The van der Waals surface area contributed by atoms with E-state index in [-0.39, 0.29) is 5.69 Å². The van der Waals surface area contributed by atoms with Crippen molar-refractivity contribution in [3.8, 4) is 0 Å². The minimum Gasteiger partial charge on any atom is -0.477 e. The van der Waals surface area contributed by atoms with Gasteiger partial charge in [0.15, 0.2) is 5.58 Å². The fourth-order valence-corrected chi connectivity index (χ4v) is 1.92. The lowest BCUT2D eigenvalue weighted by Gasteiger charge is -1.91. The van der Waals surface area contributed by atoms with Crippen molar-refractivity contribution in [1.82, 2.24) is 4.98 Å². The normalized spacial score (nSPS) is 11.4. The zero-order valence-electron chi connectivity index (χ0n) is 9.96. The molecule has 19 heavy (non-hydrogen) atoms. The molecule has 0 amide bonds. The van der Waals surface area contributed by atoms with Gasteiger partial charge in [-0.25, -0.2) is 4.79 Å². The van der Waals surface area contributed by atoms with E-state index in [1.165, 1.54) is 6.07 Å². The minimum atomic E-state index is -0.996. The van der Waals surface area contributed by atoms with E-state index in [2.05, 4.69) is 4.98 Å². The van der Waals surface area contributed by atoms with Crippen LogP contribution in [0.15, 0.2) is 47.1 Å². The number of furan rings is 1. The summed E-state index contributed by atoms with van der Waals surface area (Å²) in [5, 5.41) is 8.91. The summed E-state index contributed by atoms with van der Waals surface area (Å²) in [4.78, 5) is 13.7. The highest BCUT2D eigenvalue weighted by Crippen LogP contribution is 2.23. The van der Waals surface area contributed by atoms with Gasteiger partial charge in [-0.3, -0.25) is 0 Å². The molecule has 4 nitrogen and oxygen atoms in total. The molecular formula is C15H11NO3. The third-order valence-electron chi connectivity index (χ3n) is 2.87. The Kier molecular flexibility index (Phi) is 2.68. The summed E-state index contributed by atoms with van der Waals surface area (Å²) in [6.07, 6.45) is 5.45. The topological polar surface area (TPSA) is 66.2 Å². The first-order valence-electron chi connectivity index (χ1n) is 5.80. The third-order valence-corrected chi connectivity index (χ3v) is 2.87. The number of aromatic amines is 1. The molecule has 0 bridgehead atoms. The zero-order valence-corrected chi connectivity index (χ0v) is 9.96. The lowest BCUT2D eigenvalue weighted by atomic mass is 10.2. The van der Waals surface area contributed by atoms with Gasteiger partial charge in [0.25, 0.3) is 0 Å². The van der Waals surface area contributed by atoms with Crippen molar-refractivity contribution < 1.29 is 14.3 Å². The highest BCUT2D eigenvalue weighted by molar-refractivity contribution is 5.95. The first-order valence-corrected chi connectivity index (χ1v) is 5.80. The highest BCUT2D eigenvalue weighted by atomic mass is 16.4. The summed E-state index contributed by atoms with van der Waals surface area (Å²) in [6, 6.07) is 11.3. The van der Waals surface area contributed by atoms with Crippen LogP contribution in [0.25, 0.3) is 23.3 Å². The van der Waals surface area contributed by atoms with E-state index < -0.39 is 5.97 Å². The Morgan fingerprint density at radius 2 is 2.00 bits per heavy atom. The summed E-state index contributed by atoms with van der Waals surface area (Å²) >= 11 is 0. The molecule has 0 aliphatic rings. The predicted octanol–water partition coefficient (Wildman–Crippen LogP) is 3.63. The van der Waals surface area contributed by atoms with E-state index in [0.717, 1.165) is 11.1 Å². The average molecular weight is 253 g/mol. The maximum Gasteiger partial charge on any atom is 0.352 e. The quantitative estimate of drug-likeness (QED) is 0.749. The molecule has 0 spiro atoms. The lowest BCUT2D eigenvalue weighted by molar-refractivity contribution is 0.0691. The molecule has 0 atom stereocenters. The smallest absolute Gasteiger partial charge is 0.352 e. The summed E-state index contributed by atoms with van der Waals surface area (Å²) in [7, 11) is 0. The summed E-state index contributed by atoms with van der Waals surface area (Å²) < 4.78 is 5.32. The molecule has 0 aliphatic carbocycles. The van der Waals surface area contributed by atoms with Crippen molar-refractivity contribution in [3.63, 3.8) is 0 Å². The lowest BCUT2D eigenvalue weighted by Crippen LogP contribution is -1.95. The van der Waals surface area contributed by atoms with Crippen LogP contribution in [0, 0.1) is 0 Å². The van der Waals surface area contributed by atoms with Crippen LogP contribution in [0.4, 0.5) is 0 Å². The third kappa shape index (κ3) is 2.15. The van der Waals surface area contributed by atoms with Crippen LogP contribution < -0.4 is 0 Å². The summed E-state index contributed by atoms with van der Waals surface area (Å²) in [5.74, 6) is -0.996. The van der Waals surface area contributed by atoms with Crippen LogP contribution in [-0.4, -0.2) is 16.1 Å². The number of benzene rings is 1. The monoisotopic (exact) mass is 253 g/mol. The van der Waals surface area contributed by atoms with E-state index in [4.69, 9.17) is 9.52 Å². The molecule has 0 aliphatic heterocycles. The fraction of sp³-hybridized carbons (Fsp3) is 0. The second-order valence-electron chi connectivity index (χ2n) is 4.16. The van der Waals surface area contributed by atoms with E-state index in [1.54, 1.807) is 6.26 Å². The van der Waals surface area contributed by atoms with E-state index >= 15 is 0 Å². The number of carbonyl (C=O) groups is 1. The molecule has 4 heteroatoms. The second kappa shape index (κ2) is 4.49. The number of carboxylic acids is 1. The molecule has 3 rings (SSSR count). The minimum absolute atomic E-state index is 0.128. The molecule has 0 unspecified atom stereocenters. The van der Waals surface area contributed by atoms with Crippen molar-refractivity contribution >= 4 is 29.2 Å². The number of H-pyrrole nitrogens is 1. The first-order chi connectivity index (χ1) is 9.24. The number of fused-ring (bicyclic) bond motifs is 1. The zero-order chi connectivity index (χ0) is 13.2. The molecule has 94 valence electrons. The van der Waals surface area contributed by atoms with Crippen molar-refractivity contribution in [2.45, 2.75) is 0 Å². The van der Waals surface area contributed by atoms with Gasteiger partial charge in [-0.15, -0.1) is 0 Å². The Morgan fingerprint density at radius 3 is 2.74 bits per heavy atom. The Balaban J connectivity index is 1.97. The molecule has 2 aromatic heterocycles. The van der Waals surface area contributed by atoms with Crippen LogP contribution in [0.2, 0.25) is 0 Å². The van der Waals surface area contributed by atoms with Crippen molar-refractivity contribution in [1.29, 1.82) is 0 Å². The maximum absolute atomic E-state index is 10.9. The highest BCUT2D eigenvalue weighted by Gasteiger charge is 2.12. The SMILES string of the molecule is O=C(O)c1cc2occ(/C=C\c3ccccc3)c2[nH]1. The number of carboxylic acid groups (broad SMARTS) is 1. The number of hydrogen-bond acceptors (Lipinski definition) is 2. The largest absolute Gasteiger partial charge is 0.477 e. The van der Waals surface area contributed by atoms with Gasteiger partial charge in [0.05, 0.1) is 5.52 Å². The van der Waals surface area contributed by atoms with Crippen molar-refractivity contribution in [3.05, 3.63) is 59.5 Å². The van der Waals surface area contributed by atoms with Gasteiger partial charge in [-0.1, -0.05) is 36.4 Å². The average Bonchev–Trinajstić information content (AvgIpc) is 2.98. The van der Waals surface area contributed by atoms with E-state index in [9.17, 15) is 4.79 Å². The number of aromatic nitrogens is 1. The van der Waals surface area contributed by atoms with E-state index in [0.29, 0.717) is 11.1 Å². The van der Waals surface area contributed by atoms with Crippen molar-refractivity contribution in [2.24, 2.45) is 0 Å². The van der Waals surface area contributed by atoms with Gasteiger partial charge >= 0.3 is 5.97 Å². The van der Waals surface area contributed by atoms with Crippen LogP contribution in [0.5, 0.6) is 0 Å². The number of nitrogens with one attached hydrogen (secondary N) is 1. The Hall–Kier alpha value is -2.75. The molecule has 0 saturated heterocycles. The first kappa shape index (κ1) is 11.3. The molecular weight excluding hydrogens is 242 g/mol. The Labute approximate surface area is 109 Å². The summed E-state index contributed by atoms with van der Waals surface area (Å²) in [6.45, 7) is 0. The van der Waals surface area contributed by atoms with Crippen LogP contribution in [-0.2, 0) is 0 Å². The number of hydrogen-bond donors (Lipinski definition) is 2. The molecule has 2 heterocycles. The van der Waals surface area contributed by atoms with Gasteiger partial charge < -0.3 is 14.5 Å². The van der Waals surface area contributed by atoms with Gasteiger partial charge in [0.2, 0.25) is 0 Å². The number of aromatic carboxylic acids is 1.